The molecule has 0 aliphatic rings. The standard InChI is InChI=1S/C5H13BNO/c1-5(3-4-7)6-8-2/h5H,3-4,7H2,1-2H3. The Balaban J connectivity index is 2.92. The highest BCUT2D eigenvalue weighted by molar-refractivity contribution is 6.29. The zero-order valence-electron chi connectivity index (χ0n) is 5.55. The first-order valence-corrected chi connectivity index (χ1v) is 2.87. The van der Waals surface area contributed by atoms with Gasteiger partial charge in [0.05, 0.1) is 0 Å². The van der Waals surface area contributed by atoms with Gasteiger partial charge in [-0.05, 0) is 18.8 Å². The monoisotopic (exact) mass is 114 g/mol. The first kappa shape index (κ1) is 7.98. The second-order valence-electron chi connectivity index (χ2n) is 1.93. The van der Waals surface area contributed by atoms with Gasteiger partial charge >= 0.3 is 0 Å². The Hall–Kier alpha value is -0.0151. The molecule has 0 aromatic heterocycles. The SMILES string of the molecule is CO[B]C(C)CCN. The molecule has 0 bridgehead atoms. The second-order valence-corrected chi connectivity index (χ2v) is 1.93. The maximum Gasteiger partial charge on any atom is 0.295 e. The highest BCUT2D eigenvalue weighted by Gasteiger charge is 2.00. The second kappa shape index (κ2) is 5.13. The van der Waals surface area contributed by atoms with Gasteiger partial charge in [-0.2, -0.15) is 0 Å². The Morgan fingerprint density at radius 2 is 2.38 bits per heavy atom. The average molecular weight is 114 g/mol. The minimum absolute atomic E-state index is 0.491. The van der Waals surface area contributed by atoms with Crippen molar-refractivity contribution >= 4 is 7.48 Å². The molecule has 0 rings (SSSR count). The topological polar surface area (TPSA) is 35.2 Å². The van der Waals surface area contributed by atoms with Crippen LogP contribution in [-0.2, 0) is 4.65 Å². The normalized spacial score (nSPS) is 13.4. The molecule has 0 amide bonds. The van der Waals surface area contributed by atoms with Crippen LogP contribution in [0.3, 0.4) is 0 Å². The summed E-state index contributed by atoms with van der Waals surface area (Å²) in [6.07, 6.45) is 1.01. The largest absolute Gasteiger partial charge is 0.443 e. The van der Waals surface area contributed by atoms with Crippen molar-refractivity contribution in [3.05, 3.63) is 0 Å². The van der Waals surface area contributed by atoms with E-state index >= 15 is 0 Å². The van der Waals surface area contributed by atoms with Crippen molar-refractivity contribution in [1.29, 1.82) is 0 Å². The average Bonchev–Trinajstić information content (AvgIpc) is 1.68. The molecule has 1 unspecified atom stereocenters. The summed E-state index contributed by atoms with van der Waals surface area (Å²) >= 11 is 0. The Labute approximate surface area is 51.7 Å². The van der Waals surface area contributed by atoms with Gasteiger partial charge in [-0.25, -0.2) is 0 Å². The van der Waals surface area contributed by atoms with Crippen molar-refractivity contribution in [3.8, 4) is 0 Å². The summed E-state index contributed by atoms with van der Waals surface area (Å²) in [5, 5.41) is 0. The third-order valence-electron chi connectivity index (χ3n) is 0.990. The van der Waals surface area contributed by atoms with Gasteiger partial charge in [0, 0.05) is 7.11 Å². The molecule has 0 saturated heterocycles. The number of nitrogens with two attached hydrogens (primary N) is 1. The first-order chi connectivity index (χ1) is 3.81. The lowest BCUT2D eigenvalue weighted by Crippen LogP contribution is -2.08. The van der Waals surface area contributed by atoms with Crippen LogP contribution in [0.4, 0.5) is 0 Å². The maximum absolute atomic E-state index is 5.28. The number of rotatable bonds is 4. The lowest BCUT2D eigenvalue weighted by atomic mass is 9.79. The van der Waals surface area contributed by atoms with Crippen LogP contribution in [0.15, 0.2) is 0 Å². The minimum Gasteiger partial charge on any atom is -0.443 e. The smallest absolute Gasteiger partial charge is 0.295 e. The van der Waals surface area contributed by atoms with Crippen LogP contribution in [0, 0.1) is 0 Å². The van der Waals surface area contributed by atoms with Gasteiger partial charge in [0.2, 0.25) is 0 Å². The summed E-state index contributed by atoms with van der Waals surface area (Å²) in [7, 11) is 3.46. The molecule has 1 radical (unpaired) electrons. The lowest BCUT2D eigenvalue weighted by Gasteiger charge is -2.03. The summed E-state index contributed by atoms with van der Waals surface area (Å²) in [5.74, 6) is 0.491. The van der Waals surface area contributed by atoms with Gasteiger partial charge in [0.25, 0.3) is 7.48 Å². The Bertz CT molecular complexity index is 45.7. The van der Waals surface area contributed by atoms with E-state index in [9.17, 15) is 0 Å². The quantitative estimate of drug-likeness (QED) is 0.537. The molecule has 0 saturated carbocycles. The summed E-state index contributed by atoms with van der Waals surface area (Å²) in [6, 6.07) is 0. The van der Waals surface area contributed by atoms with E-state index in [0.29, 0.717) is 5.82 Å². The molecular formula is C5H13BNO. The van der Waals surface area contributed by atoms with E-state index in [0.717, 1.165) is 13.0 Å². The number of hydrogen-bond donors (Lipinski definition) is 1. The van der Waals surface area contributed by atoms with E-state index in [-0.39, 0.29) is 0 Å². The fourth-order valence-electron chi connectivity index (χ4n) is 0.563. The third kappa shape index (κ3) is 4.15. The van der Waals surface area contributed by atoms with E-state index in [2.05, 4.69) is 6.92 Å². The molecular weight excluding hydrogens is 101 g/mol. The van der Waals surface area contributed by atoms with Crippen LogP contribution in [-0.4, -0.2) is 21.1 Å². The Morgan fingerprint density at radius 3 is 2.75 bits per heavy atom. The predicted octanol–water partition coefficient (Wildman–Crippen LogP) is 0.409. The summed E-state index contributed by atoms with van der Waals surface area (Å²) in [6.45, 7) is 2.82. The van der Waals surface area contributed by atoms with Crippen molar-refractivity contribution in [2.24, 2.45) is 5.73 Å². The lowest BCUT2D eigenvalue weighted by molar-refractivity contribution is 0.429. The van der Waals surface area contributed by atoms with Gasteiger partial charge in [-0.1, -0.05) is 6.92 Å². The summed E-state index contributed by atoms with van der Waals surface area (Å²) in [5.41, 5.74) is 5.28. The minimum atomic E-state index is 0.491. The van der Waals surface area contributed by atoms with Crippen molar-refractivity contribution in [2.45, 2.75) is 19.2 Å². The zero-order chi connectivity index (χ0) is 6.41. The summed E-state index contributed by atoms with van der Waals surface area (Å²) < 4.78 is 4.78. The van der Waals surface area contributed by atoms with Crippen LogP contribution >= 0.6 is 0 Å². The van der Waals surface area contributed by atoms with Gasteiger partial charge < -0.3 is 10.4 Å². The fraction of sp³-hybridized carbons (Fsp3) is 1.00. The fourth-order valence-corrected chi connectivity index (χ4v) is 0.563. The molecule has 1 atom stereocenters. The van der Waals surface area contributed by atoms with E-state index in [4.69, 9.17) is 10.4 Å². The third-order valence-corrected chi connectivity index (χ3v) is 0.990. The molecule has 0 spiro atoms. The molecule has 2 N–H and O–H groups in total. The van der Waals surface area contributed by atoms with Gasteiger partial charge in [-0.3, -0.25) is 0 Å². The molecule has 0 aromatic carbocycles. The highest BCUT2D eigenvalue weighted by atomic mass is 16.4. The van der Waals surface area contributed by atoms with Crippen molar-refractivity contribution in [3.63, 3.8) is 0 Å². The van der Waals surface area contributed by atoms with Crippen molar-refractivity contribution in [1.82, 2.24) is 0 Å². The molecule has 0 fully saturated rings. The van der Waals surface area contributed by atoms with Crippen molar-refractivity contribution < 1.29 is 4.65 Å². The molecule has 2 nitrogen and oxygen atoms in total. The Morgan fingerprint density at radius 1 is 1.75 bits per heavy atom. The predicted molar refractivity (Wildman–Crippen MR) is 35.9 cm³/mol. The van der Waals surface area contributed by atoms with Crippen molar-refractivity contribution in [2.75, 3.05) is 13.7 Å². The van der Waals surface area contributed by atoms with Crippen LogP contribution in [0.1, 0.15) is 13.3 Å². The number of hydrogen-bond acceptors (Lipinski definition) is 2. The van der Waals surface area contributed by atoms with E-state index in [1.165, 1.54) is 0 Å². The molecule has 0 heterocycles. The highest BCUT2D eigenvalue weighted by Crippen LogP contribution is 2.03. The Kier molecular flexibility index (Phi) is 5.12. The van der Waals surface area contributed by atoms with E-state index < -0.39 is 0 Å². The van der Waals surface area contributed by atoms with Gasteiger partial charge in [0.1, 0.15) is 0 Å². The van der Waals surface area contributed by atoms with Gasteiger partial charge in [-0.15, -0.1) is 0 Å². The maximum atomic E-state index is 5.28. The molecule has 0 aliphatic carbocycles. The van der Waals surface area contributed by atoms with Crippen LogP contribution in [0.25, 0.3) is 0 Å². The molecule has 47 valence electrons. The van der Waals surface area contributed by atoms with Crippen LogP contribution in [0.2, 0.25) is 5.82 Å². The first-order valence-electron chi connectivity index (χ1n) is 2.87. The van der Waals surface area contributed by atoms with E-state index in [1.807, 2.05) is 0 Å². The molecule has 0 aliphatic heterocycles. The molecule has 0 aromatic rings. The van der Waals surface area contributed by atoms with E-state index in [1.54, 1.807) is 14.6 Å². The van der Waals surface area contributed by atoms with Crippen LogP contribution < -0.4 is 5.73 Å². The molecule has 8 heavy (non-hydrogen) atoms. The molecule has 3 heteroatoms. The van der Waals surface area contributed by atoms with Gasteiger partial charge in [0.15, 0.2) is 0 Å². The summed E-state index contributed by atoms with van der Waals surface area (Å²) in [4.78, 5) is 0. The zero-order valence-corrected chi connectivity index (χ0v) is 5.55. The van der Waals surface area contributed by atoms with Crippen LogP contribution in [0.5, 0.6) is 0 Å².